The topological polar surface area (TPSA) is 32.3 Å². The van der Waals surface area contributed by atoms with Crippen molar-refractivity contribution < 1.29 is 5.11 Å². The maximum absolute atomic E-state index is 9.29. The van der Waals surface area contributed by atoms with Crippen molar-refractivity contribution in [3.05, 3.63) is 58.6 Å². The average molecular weight is 320 g/mol. The molecule has 2 N–H and O–H groups in total. The van der Waals surface area contributed by atoms with Crippen LogP contribution in [0.4, 0.5) is 0 Å². The van der Waals surface area contributed by atoms with Gasteiger partial charge in [0.15, 0.2) is 0 Å². The molecule has 1 atom stereocenters. The summed E-state index contributed by atoms with van der Waals surface area (Å²) in [5, 5.41) is 13.7. The number of aromatic hydroxyl groups is 1. The molecule has 1 unspecified atom stereocenters. The number of hydrogen-bond donors (Lipinski definition) is 2. The fourth-order valence-corrected chi connectivity index (χ4v) is 3.92. The quantitative estimate of drug-likeness (QED) is 0.875. The Balaban J connectivity index is 1.61. The van der Waals surface area contributed by atoms with Crippen LogP contribution in [-0.4, -0.2) is 17.4 Å². The first-order valence-electron chi connectivity index (χ1n) is 7.16. The number of fused-ring (bicyclic) bond motifs is 1. The van der Waals surface area contributed by atoms with Gasteiger partial charge in [-0.15, -0.1) is 11.8 Å². The van der Waals surface area contributed by atoms with Gasteiger partial charge < -0.3 is 10.4 Å². The molecule has 0 amide bonds. The summed E-state index contributed by atoms with van der Waals surface area (Å²) < 4.78 is 0. The minimum absolute atomic E-state index is 0.319. The second kappa shape index (κ2) is 6.73. The molecule has 0 fully saturated rings. The number of halogens is 1. The first-order chi connectivity index (χ1) is 10.2. The molecule has 110 valence electrons. The van der Waals surface area contributed by atoms with Gasteiger partial charge in [0.1, 0.15) is 5.75 Å². The predicted octanol–water partition coefficient (Wildman–Crippen LogP) is 4.41. The number of phenolic OH excluding ortho intramolecular Hbond substituents is 1. The van der Waals surface area contributed by atoms with Crippen LogP contribution in [0.5, 0.6) is 5.75 Å². The normalized spacial score (nSPS) is 17.5. The molecule has 2 aromatic carbocycles. The molecule has 2 nitrogen and oxygen atoms in total. The molecule has 4 heteroatoms. The molecule has 1 aliphatic heterocycles. The van der Waals surface area contributed by atoms with Gasteiger partial charge >= 0.3 is 0 Å². The molecule has 3 rings (SSSR count). The molecule has 0 aliphatic carbocycles. The second-order valence-electron chi connectivity index (χ2n) is 5.24. The molecular formula is C17H18ClNOS. The average Bonchev–Trinajstić information content (AvgIpc) is 2.50. The van der Waals surface area contributed by atoms with E-state index in [-0.39, 0.29) is 0 Å². The maximum Gasteiger partial charge on any atom is 0.115 e. The lowest BCUT2D eigenvalue weighted by atomic mass is 10.0. The largest absolute Gasteiger partial charge is 0.508 e. The Bertz CT molecular complexity index is 615. The number of phenols is 1. The van der Waals surface area contributed by atoms with E-state index in [0.29, 0.717) is 11.8 Å². The van der Waals surface area contributed by atoms with Crippen molar-refractivity contribution in [1.82, 2.24) is 5.32 Å². The van der Waals surface area contributed by atoms with Crippen molar-refractivity contribution in [1.29, 1.82) is 0 Å². The van der Waals surface area contributed by atoms with Gasteiger partial charge in [0, 0.05) is 16.0 Å². The minimum atomic E-state index is 0.319. The van der Waals surface area contributed by atoms with Gasteiger partial charge in [-0.3, -0.25) is 0 Å². The molecule has 0 aromatic heterocycles. The fraction of sp³-hybridized carbons (Fsp3) is 0.294. The molecule has 2 aromatic rings. The predicted molar refractivity (Wildman–Crippen MR) is 89.3 cm³/mol. The summed E-state index contributed by atoms with van der Waals surface area (Å²) >= 11 is 8.03. The SMILES string of the molecule is Oc1ccc(CCNC2CCSc3ccc(Cl)cc32)cc1. The molecule has 21 heavy (non-hydrogen) atoms. The van der Waals surface area contributed by atoms with Crippen molar-refractivity contribution in [2.75, 3.05) is 12.3 Å². The molecule has 0 bridgehead atoms. The zero-order chi connectivity index (χ0) is 14.7. The van der Waals surface area contributed by atoms with E-state index in [1.54, 1.807) is 12.1 Å². The van der Waals surface area contributed by atoms with E-state index >= 15 is 0 Å². The highest BCUT2D eigenvalue weighted by Crippen LogP contribution is 2.37. The van der Waals surface area contributed by atoms with E-state index in [2.05, 4.69) is 17.4 Å². The van der Waals surface area contributed by atoms with Crippen LogP contribution in [0.2, 0.25) is 5.02 Å². The second-order valence-corrected chi connectivity index (χ2v) is 6.82. The van der Waals surface area contributed by atoms with Crippen molar-refractivity contribution in [3.8, 4) is 5.75 Å². The minimum Gasteiger partial charge on any atom is -0.508 e. The van der Waals surface area contributed by atoms with Crippen LogP contribution in [0, 0.1) is 0 Å². The maximum atomic E-state index is 9.29. The Morgan fingerprint density at radius 1 is 1.19 bits per heavy atom. The summed E-state index contributed by atoms with van der Waals surface area (Å²) in [4.78, 5) is 1.34. The van der Waals surface area contributed by atoms with E-state index in [1.165, 1.54) is 16.0 Å². The smallest absolute Gasteiger partial charge is 0.115 e. The number of rotatable bonds is 4. The van der Waals surface area contributed by atoms with Crippen molar-refractivity contribution >= 4 is 23.4 Å². The Morgan fingerprint density at radius 3 is 2.81 bits per heavy atom. The molecule has 0 spiro atoms. The number of thioether (sulfide) groups is 1. The first kappa shape index (κ1) is 14.8. The molecular weight excluding hydrogens is 302 g/mol. The summed E-state index contributed by atoms with van der Waals surface area (Å²) in [7, 11) is 0. The highest BCUT2D eigenvalue weighted by Gasteiger charge is 2.20. The van der Waals surface area contributed by atoms with Gasteiger partial charge in [-0.1, -0.05) is 23.7 Å². The molecule has 1 aliphatic rings. The Labute approximate surface area is 134 Å². The van der Waals surface area contributed by atoms with Crippen LogP contribution in [0.15, 0.2) is 47.4 Å². The van der Waals surface area contributed by atoms with Crippen molar-refractivity contribution in [2.45, 2.75) is 23.8 Å². The Kier molecular flexibility index (Phi) is 4.73. The summed E-state index contributed by atoms with van der Waals surface area (Å²) in [5.74, 6) is 1.46. The molecule has 0 radical (unpaired) electrons. The van der Waals surface area contributed by atoms with Crippen LogP contribution in [-0.2, 0) is 6.42 Å². The lowest BCUT2D eigenvalue weighted by molar-refractivity contribution is 0.475. The van der Waals surface area contributed by atoms with Crippen LogP contribution < -0.4 is 5.32 Å². The van der Waals surface area contributed by atoms with Gasteiger partial charge in [0.2, 0.25) is 0 Å². The van der Waals surface area contributed by atoms with Gasteiger partial charge in [0.05, 0.1) is 0 Å². The van der Waals surface area contributed by atoms with E-state index in [1.807, 2.05) is 30.0 Å². The summed E-state index contributed by atoms with van der Waals surface area (Å²) in [6, 6.07) is 14.0. The van der Waals surface area contributed by atoms with E-state index in [9.17, 15) is 5.11 Å². The Hall–Kier alpha value is -1.16. The molecule has 0 saturated carbocycles. The molecule has 1 heterocycles. The third-order valence-corrected chi connectivity index (χ3v) is 5.11. The van der Waals surface area contributed by atoms with E-state index in [4.69, 9.17) is 11.6 Å². The van der Waals surface area contributed by atoms with Crippen LogP contribution in [0.1, 0.15) is 23.6 Å². The van der Waals surface area contributed by atoms with Gasteiger partial charge in [0.25, 0.3) is 0 Å². The number of nitrogens with one attached hydrogen (secondary N) is 1. The summed E-state index contributed by atoms with van der Waals surface area (Å²) in [6.45, 7) is 0.923. The van der Waals surface area contributed by atoms with Gasteiger partial charge in [-0.05, 0) is 66.6 Å². The van der Waals surface area contributed by atoms with Gasteiger partial charge in [-0.2, -0.15) is 0 Å². The van der Waals surface area contributed by atoms with Gasteiger partial charge in [-0.25, -0.2) is 0 Å². The highest BCUT2D eigenvalue weighted by molar-refractivity contribution is 7.99. The summed E-state index contributed by atoms with van der Waals surface area (Å²) in [6.07, 6.45) is 2.09. The third kappa shape index (κ3) is 3.73. The van der Waals surface area contributed by atoms with E-state index < -0.39 is 0 Å². The van der Waals surface area contributed by atoms with E-state index in [0.717, 1.165) is 30.2 Å². The van der Waals surface area contributed by atoms with Crippen LogP contribution >= 0.6 is 23.4 Å². The zero-order valence-corrected chi connectivity index (χ0v) is 13.3. The standard InChI is InChI=1S/C17H18ClNOS/c18-13-3-6-17-15(11-13)16(8-10-21-17)19-9-7-12-1-4-14(20)5-2-12/h1-6,11,16,19-20H,7-10H2. The van der Waals surface area contributed by atoms with Crippen LogP contribution in [0.25, 0.3) is 0 Å². The number of benzene rings is 2. The fourth-order valence-electron chi connectivity index (χ4n) is 2.63. The van der Waals surface area contributed by atoms with Crippen molar-refractivity contribution in [2.24, 2.45) is 0 Å². The lowest BCUT2D eigenvalue weighted by Crippen LogP contribution is -2.26. The monoisotopic (exact) mass is 319 g/mol. The van der Waals surface area contributed by atoms with Crippen molar-refractivity contribution in [3.63, 3.8) is 0 Å². The first-order valence-corrected chi connectivity index (χ1v) is 8.52. The lowest BCUT2D eigenvalue weighted by Gasteiger charge is -2.26. The Morgan fingerprint density at radius 2 is 2.00 bits per heavy atom. The third-order valence-electron chi connectivity index (χ3n) is 3.75. The summed E-state index contributed by atoms with van der Waals surface area (Å²) in [5.41, 5.74) is 2.56. The molecule has 0 saturated heterocycles. The zero-order valence-electron chi connectivity index (χ0n) is 11.7. The van der Waals surface area contributed by atoms with Crippen LogP contribution in [0.3, 0.4) is 0 Å². The number of hydrogen-bond acceptors (Lipinski definition) is 3. The highest BCUT2D eigenvalue weighted by atomic mass is 35.5.